The maximum absolute atomic E-state index is 12.0. The second kappa shape index (κ2) is 10.7. The Hall–Kier alpha value is -2.60. The molecule has 28 heavy (non-hydrogen) atoms. The first-order valence-electron chi connectivity index (χ1n) is 9.31. The van der Waals surface area contributed by atoms with Gasteiger partial charge in [0.05, 0.1) is 18.8 Å². The lowest BCUT2D eigenvalue weighted by Crippen LogP contribution is -2.29. The predicted molar refractivity (Wildman–Crippen MR) is 110 cm³/mol. The highest BCUT2D eigenvalue weighted by Crippen LogP contribution is 2.20. The molecule has 7 heteroatoms. The Bertz CT molecular complexity index is 859. The fourth-order valence-corrected chi connectivity index (χ4v) is 2.85. The third-order valence-electron chi connectivity index (χ3n) is 4.28. The number of halogens is 1. The van der Waals surface area contributed by atoms with Crippen LogP contribution < -0.4 is 5.32 Å². The van der Waals surface area contributed by atoms with Gasteiger partial charge in [-0.15, -0.1) is 0 Å². The number of aryl methyl sites for hydroxylation is 1. The van der Waals surface area contributed by atoms with E-state index in [9.17, 15) is 9.59 Å². The Labute approximate surface area is 170 Å². The first-order chi connectivity index (χ1) is 13.4. The smallest absolute Gasteiger partial charge is 0.325 e. The summed E-state index contributed by atoms with van der Waals surface area (Å²) in [4.78, 5) is 23.5. The monoisotopic (exact) mass is 403 g/mol. The van der Waals surface area contributed by atoms with Gasteiger partial charge < -0.3 is 10.1 Å². The molecule has 0 aliphatic rings. The third-order valence-corrected chi connectivity index (χ3v) is 4.65. The van der Waals surface area contributed by atoms with Gasteiger partial charge >= 0.3 is 5.97 Å². The molecule has 2 aromatic rings. The molecule has 0 aliphatic heterocycles. The van der Waals surface area contributed by atoms with Crippen molar-refractivity contribution < 1.29 is 14.3 Å². The average Bonchev–Trinajstić information content (AvgIpc) is 2.93. The minimum Gasteiger partial charge on any atom is -0.464 e. The van der Waals surface area contributed by atoms with Crippen molar-refractivity contribution in [2.45, 2.75) is 40.2 Å². The normalized spacial score (nSPS) is 11.0. The predicted octanol–water partition coefficient (Wildman–Crippen LogP) is 3.67. The van der Waals surface area contributed by atoms with E-state index in [0.717, 1.165) is 35.4 Å². The zero-order valence-corrected chi connectivity index (χ0v) is 17.3. The summed E-state index contributed by atoms with van der Waals surface area (Å²) in [7, 11) is 0. The van der Waals surface area contributed by atoms with E-state index < -0.39 is 5.97 Å². The number of ether oxygens (including phenoxy) is 1. The quantitative estimate of drug-likeness (QED) is 0.394. The van der Waals surface area contributed by atoms with Gasteiger partial charge in [0.15, 0.2) is 0 Å². The summed E-state index contributed by atoms with van der Waals surface area (Å²) in [5.41, 5.74) is 3.59. The van der Waals surface area contributed by atoms with E-state index in [1.54, 1.807) is 6.08 Å². The number of rotatable bonds is 9. The van der Waals surface area contributed by atoms with E-state index in [2.05, 4.69) is 10.4 Å². The second-order valence-electron chi connectivity index (χ2n) is 6.46. The highest BCUT2D eigenvalue weighted by atomic mass is 35.5. The number of aromatic nitrogens is 2. The van der Waals surface area contributed by atoms with E-state index in [-0.39, 0.29) is 12.5 Å². The molecule has 1 amide bonds. The van der Waals surface area contributed by atoms with Gasteiger partial charge in [0.25, 0.3) is 0 Å². The first kappa shape index (κ1) is 21.7. The van der Waals surface area contributed by atoms with Crippen LogP contribution in [0.25, 0.3) is 6.08 Å². The maximum atomic E-state index is 12.0. The summed E-state index contributed by atoms with van der Waals surface area (Å²) in [5, 5.41) is 7.76. The number of nitrogens with one attached hydrogen (secondary N) is 1. The Morgan fingerprint density at radius 2 is 2.04 bits per heavy atom. The molecule has 1 N–H and O–H groups in total. The van der Waals surface area contributed by atoms with Crippen molar-refractivity contribution in [3.63, 3.8) is 0 Å². The molecular formula is C21H26ClN3O3. The van der Waals surface area contributed by atoms with Crippen LogP contribution in [-0.2, 0) is 20.9 Å². The molecule has 0 radical (unpaired) electrons. The molecule has 0 spiro atoms. The van der Waals surface area contributed by atoms with Crippen LogP contribution >= 0.6 is 11.6 Å². The van der Waals surface area contributed by atoms with Crippen LogP contribution in [0.5, 0.6) is 0 Å². The molecule has 150 valence electrons. The van der Waals surface area contributed by atoms with Gasteiger partial charge in [-0.1, -0.05) is 43.1 Å². The topological polar surface area (TPSA) is 73.2 Å². The first-order valence-corrected chi connectivity index (χ1v) is 9.69. The van der Waals surface area contributed by atoms with E-state index in [0.29, 0.717) is 18.2 Å². The van der Waals surface area contributed by atoms with E-state index in [4.69, 9.17) is 16.3 Å². The number of hydrogen-bond acceptors (Lipinski definition) is 4. The summed E-state index contributed by atoms with van der Waals surface area (Å²) in [6.07, 6.45) is 4.87. The molecular weight excluding hydrogens is 378 g/mol. The maximum Gasteiger partial charge on any atom is 0.325 e. The molecule has 0 atom stereocenters. The van der Waals surface area contributed by atoms with E-state index in [1.807, 2.05) is 49.7 Å². The fourth-order valence-electron chi connectivity index (χ4n) is 2.65. The number of nitrogens with zero attached hydrogens (tertiary/aromatic N) is 2. The minimum atomic E-state index is -0.435. The van der Waals surface area contributed by atoms with Crippen molar-refractivity contribution >= 4 is 29.6 Å². The molecule has 0 saturated carbocycles. The van der Waals surface area contributed by atoms with Gasteiger partial charge in [-0.05, 0) is 38.0 Å². The Morgan fingerprint density at radius 1 is 1.29 bits per heavy atom. The Balaban J connectivity index is 1.96. The number of carbonyl (C=O) groups excluding carboxylic acids is 2. The van der Waals surface area contributed by atoms with Crippen molar-refractivity contribution in [1.82, 2.24) is 15.1 Å². The van der Waals surface area contributed by atoms with Crippen molar-refractivity contribution in [1.29, 1.82) is 0 Å². The van der Waals surface area contributed by atoms with E-state index >= 15 is 0 Å². The summed E-state index contributed by atoms with van der Waals surface area (Å²) in [6.45, 7) is 6.63. The molecule has 1 aromatic heterocycles. The molecule has 0 saturated heterocycles. The van der Waals surface area contributed by atoms with Gasteiger partial charge in [-0.25, -0.2) is 0 Å². The largest absolute Gasteiger partial charge is 0.464 e. The molecule has 1 heterocycles. The number of amides is 1. The molecule has 6 nitrogen and oxygen atoms in total. The third kappa shape index (κ3) is 6.23. The summed E-state index contributed by atoms with van der Waals surface area (Å²) >= 11 is 6.23. The van der Waals surface area contributed by atoms with Crippen LogP contribution in [0.2, 0.25) is 5.02 Å². The van der Waals surface area contributed by atoms with Crippen LogP contribution in [-0.4, -0.2) is 34.8 Å². The molecule has 0 bridgehead atoms. The van der Waals surface area contributed by atoms with Crippen LogP contribution in [0.1, 0.15) is 42.3 Å². The number of carbonyl (C=O) groups is 2. The molecule has 1 aromatic carbocycles. The van der Waals surface area contributed by atoms with Crippen LogP contribution in [0.4, 0.5) is 0 Å². The Morgan fingerprint density at radius 3 is 2.75 bits per heavy atom. The van der Waals surface area contributed by atoms with Gasteiger partial charge in [0, 0.05) is 22.4 Å². The average molecular weight is 404 g/mol. The molecule has 0 unspecified atom stereocenters. The number of benzene rings is 1. The van der Waals surface area contributed by atoms with Gasteiger partial charge in [-0.3, -0.25) is 14.3 Å². The van der Waals surface area contributed by atoms with E-state index in [1.165, 1.54) is 6.08 Å². The van der Waals surface area contributed by atoms with Crippen LogP contribution in [0.15, 0.2) is 30.3 Å². The summed E-state index contributed by atoms with van der Waals surface area (Å²) < 4.78 is 6.86. The highest BCUT2D eigenvalue weighted by molar-refractivity contribution is 6.31. The lowest BCUT2D eigenvalue weighted by Gasteiger charge is -2.06. The fraction of sp³-hybridized carbons (Fsp3) is 0.381. The van der Waals surface area contributed by atoms with Crippen molar-refractivity contribution in [3.05, 3.63) is 57.9 Å². The van der Waals surface area contributed by atoms with Gasteiger partial charge in [-0.2, -0.15) is 5.10 Å². The zero-order chi connectivity index (χ0) is 20.5. The summed E-state index contributed by atoms with van der Waals surface area (Å²) in [5.74, 6) is -0.791. The lowest BCUT2D eigenvalue weighted by atomic mass is 10.1. The summed E-state index contributed by atoms with van der Waals surface area (Å²) in [6, 6.07) is 7.63. The molecule has 0 aliphatic carbocycles. The standard InChI is InChI=1S/C21H26ClN3O3/c1-4-5-12-28-21(27)13-23-20(26)11-10-18-15(2)24-25(16(18)3)14-17-8-6-7-9-19(17)22/h6-11H,4-5,12-14H2,1-3H3,(H,23,26). The van der Waals surface area contributed by atoms with Crippen LogP contribution in [0, 0.1) is 13.8 Å². The van der Waals surface area contributed by atoms with Gasteiger partial charge in [0.2, 0.25) is 5.91 Å². The molecule has 0 fully saturated rings. The Kier molecular flexibility index (Phi) is 8.26. The number of unbranched alkanes of at least 4 members (excludes halogenated alkanes) is 1. The lowest BCUT2D eigenvalue weighted by molar-refractivity contribution is -0.143. The zero-order valence-electron chi connectivity index (χ0n) is 16.5. The SMILES string of the molecule is CCCCOC(=O)CNC(=O)C=Cc1c(C)nn(Cc2ccccc2Cl)c1C. The van der Waals surface area contributed by atoms with Crippen molar-refractivity contribution in [3.8, 4) is 0 Å². The van der Waals surface area contributed by atoms with Crippen molar-refractivity contribution in [2.24, 2.45) is 0 Å². The minimum absolute atomic E-state index is 0.142. The number of esters is 1. The second-order valence-corrected chi connectivity index (χ2v) is 6.87. The van der Waals surface area contributed by atoms with Crippen LogP contribution in [0.3, 0.4) is 0 Å². The highest BCUT2D eigenvalue weighted by Gasteiger charge is 2.11. The van der Waals surface area contributed by atoms with Gasteiger partial charge in [0.1, 0.15) is 6.54 Å². The molecule has 2 rings (SSSR count). The number of hydrogen-bond donors (Lipinski definition) is 1. The van der Waals surface area contributed by atoms with Crippen molar-refractivity contribution in [2.75, 3.05) is 13.2 Å².